The summed E-state index contributed by atoms with van der Waals surface area (Å²) in [7, 11) is 0. The lowest BCUT2D eigenvalue weighted by atomic mass is 10.2. The fourth-order valence-electron chi connectivity index (χ4n) is 2.53. The van der Waals surface area contributed by atoms with E-state index in [2.05, 4.69) is 10.6 Å². The number of nitrogens with one attached hydrogen (secondary N) is 2. The Kier molecular flexibility index (Phi) is 6.23. The lowest BCUT2D eigenvalue weighted by Gasteiger charge is -2.12. The van der Waals surface area contributed by atoms with Crippen molar-refractivity contribution in [2.24, 2.45) is 0 Å². The average Bonchev–Trinajstić information content (AvgIpc) is 2.89. The number of anilines is 1. The summed E-state index contributed by atoms with van der Waals surface area (Å²) in [5.74, 6) is -0.885. The first-order chi connectivity index (χ1) is 13.2. The highest BCUT2D eigenvalue weighted by atomic mass is 127. The number of hydrogen-bond acceptors (Lipinski definition) is 4. The Labute approximate surface area is 188 Å². The fraction of sp³-hybridized carbons (Fsp3) is 0.105. The Morgan fingerprint density at radius 1 is 1.18 bits per heavy atom. The Bertz CT molecular complexity index is 980. The predicted octanol–water partition coefficient (Wildman–Crippen LogP) is 3.44. The van der Waals surface area contributed by atoms with Crippen LogP contribution in [0.5, 0.6) is 5.75 Å². The second-order valence-corrected chi connectivity index (χ2v) is 8.45. The van der Waals surface area contributed by atoms with E-state index in [1.807, 2.05) is 64.2 Å². The average molecular weight is 603 g/mol. The summed E-state index contributed by atoms with van der Waals surface area (Å²) in [5, 5.41) is 15.0. The summed E-state index contributed by atoms with van der Waals surface area (Å²) in [4.78, 5) is 37.7. The van der Waals surface area contributed by atoms with Gasteiger partial charge in [0.25, 0.3) is 5.91 Å². The molecule has 0 radical (unpaired) electrons. The number of aryl methyl sites for hydroxylation is 1. The Morgan fingerprint density at radius 2 is 1.79 bits per heavy atom. The smallest absolute Gasteiger partial charge is 0.329 e. The molecule has 3 N–H and O–H groups in total. The number of phenols is 1. The molecule has 1 saturated heterocycles. The number of carbonyl (C=O) groups excluding carboxylic acids is 3. The van der Waals surface area contributed by atoms with E-state index >= 15 is 0 Å². The zero-order valence-corrected chi connectivity index (χ0v) is 18.9. The number of nitrogens with zero attached hydrogens (tertiary/aromatic N) is 1. The Hall–Kier alpha value is -2.15. The van der Waals surface area contributed by atoms with E-state index in [0.29, 0.717) is 18.4 Å². The van der Waals surface area contributed by atoms with Gasteiger partial charge in [0, 0.05) is 5.69 Å². The van der Waals surface area contributed by atoms with Crippen LogP contribution in [0.25, 0.3) is 6.08 Å². The van der Waals surface area contributed by atoms with Crippen molar-refractivity contribution in [3.8, 4) is 5.75 Å². The number of hydrogen-bond donors (Lipinski definition) is 3. The summed E-state index contributed by atoms with van der Waals surface area (Å²) in [5.41, 5.74) is 2.37. The molecule has 0 bridgehead atoms. The molecule has 0 aliphatic carbocycles. The van der Waals surface area contributed by atoms with Gasteiger partial charge in [-0.25, -0.2) is 9.69 Å². The third-order valence-corrected chi connectivity index (χ3v) is 5.59. The quantitative estimate of drug-likeness (QED) is 0.284. The molecule has 144 valence electrons. The van der Waals surface area contributed by atoms with Crippen molar-refractivity contribution >= 4 is 74.8 Å². The number of halogens is 2. The number of rotatable bonds is 4. The first kappa shape index (κ1) is 20.6. The van der Waals surface area contributed by atoms with E-state index < -0.39 is 17.8 Å². The van der Waals surface area contributed by atoms with Gasteiger partial charge in [0.1, 0.15) is 18.0 Å². The Morgan fingerprint density at radius 3 is 2.39 bits per heavy atom. The number of amides is 4. The van der Waals surface area contributed by atoms with Gasteiger partial charge in [-0.1, -0.05) is 17.7 Å². The zero-order chi connectivity index (χ0) is 20.4. The molecular weight excluding hydrogens is 588 g/mol. The topological polar surface area (TPSA) is 98.7 Å². The van der Waals surface area contributed by atoms with Gasteiger partial charge in [0.15, 0.2) is 0 Å². The largest absolute Gasteiger partial charge is 0.506 e. The molecule has 0 aromatic heterocycles. The molecule has 1 aliphatic heterocycles. The van der Waals surface area contributed by atoms with Crippen LogP contribution >= 0.6 is 45.2 Å². The molecule has 2 aromatic carbocycles. The molecule has 0 spiro atoms. The second-order valence-electron chi connectivity index (χ2n) is 6.13. The van der Waals surface area contributed by atoms with Crippen LogP contribution in [0, 0.1) is 14.1 Å². The van der Waals surface area contributed by atoms with Gasteiger partial charge in [0.2, 0.25) is 5.91 Å². The third kappa shape index (κ3) is 4.63. The van der Waals surface area contributed by atoms with Crippen LogP contribution in [0.15, 0.2) is 42.1 Å². The van der Waals surface area contributed by atoms with Crippen LogP contribution in [-0.2, 0) is 9.59 Å². The van der Waals surface area contributed by atoms with Crippen LogP contribution < -0.4 is 10.6 Å². The van der Waals surface area contributed by atoms with E-state index in [0.717, 1.165) is 10.5 Å². The number of urea groups is 1. The van der Waals surface area contributed by atoms with Crippen molar-refractivity contribution in [2.45, 2.75) is 6.92 Å². The van der Waals surface area contributed by atoms with E-state index in [1.54, 1.807) is 24.3 Å². The normalized spacial score (nSPS) is 15.1. The van der Waals surface area contributed by atoms with Crippen LogP contribution in [0.2, 0.25) is 0 Å². The maximum atomic E-state index is 12.5. The van der Waals surface area contributed by atoms with E-state index in [4.69, 9.17) is 0 Å². The van der Waals surface area contributed by atoms with Crippen molar-refractivity contribution in [1.82, 2.24) is 10.2 Å². The number of imide groups is 1. The molecule has 1 heterocycles. The zero-order valence-electron chi connectivity index (χ0n) is 14.6. The molecule has 28 heavy (non-hydrogen) atoms. The van der Waals surface area contributed by atoms with Crippen LogP contribution in [0.1, 0.15) is 11.1 Å². The standard InChI is InChI=1S/C19H15I2N3O4/c1-10-2-4-12(5-3-10)22-16(25)9-24-18(27)15(23-19(24)28)8-11-6-13(20)17(26)14(21)7-11/h2-8,26H,9H2,1H3,(H,22,25)(H,23,28)/b15-8+. The summed E-state index contributed by atoms with van der Waals surface area (Å²) in [6, 6.07) is 9.93. The van der Waals surface area contributed by atoms with Gasteiger partial charge < -0.3 is 15.7 Å². The Balaban J connectivity index is 1.72. The lowest BCUT2D eigenvalue weighted by Crippen LogP contribution is -2.38. The monoisotopic (exact) mass is 603 g/mol. The first-order valence-electron chi connectivity index (χ1n) is 8.13. The van der Waals surface area contributed by atoms with Gasteiger partial charge in [-0.3, -0.25) is 9.59 Å². The van der Waals surface area contributed by atoms with Crippen LogP contribution in [0.3, 0.4) is 0 Å². The summed E-state index contributed by atoms with van der Waals surface area (Å²) in [6.45, 7) is 1.55. The van der Waals surface area contributed by atoms with Crippen LogP contribution in [-0.4, -0.2) is 34.4 Å². The molecule has 1 fully saturated rings. The molecule has 4 amide bonds. The number of phenolic OH excluding ortho intramolecular Hbond substituents is 1. The van der Waals surface area contributed by atoms with E-state index in [-0.39, 0.29) is 18.0 Å². The van der Waals surface area contributed by atoms with Crippen LogP contribution in [0.4, 0.5) is 10.5 Å². The van der Waals surface area contributed by atoms with Gasteiger partial charge in [-0.15, -0.1) is 0 Å². The number of aromatic hydroxyl groups is 1. The molecule has 0 atom stereocenters. The van der Waals surface area contributed by atoms with Gasteiger partial charge in [0.05, 0.1) is 7.14 Å². The third-order valence-electron chi connectivity index (χ3n) is 3.95. The maximum absolute atomic E-state index is 12.5. The van der Waals surface area contributed by atoms with Gasteiger partial charge >= 0.3 is 6.03 Å². The van der Waals surface area contributed by atoms with Crippen molar-refractivity contribution in [3.05, 3.63) is 60.4 Å². The molecule has 7 nitrogen and oxygen atoms in total. The van der Waals surface area contributed by atoms with Gasteiger partial charge in [-0.2, -0.15) is 0 Å². The molecule has 0 unspecified atom stereocenters. The fourth-order valence-corrected chi connectivity index (χ4v) is 4.35. The van der Waals surface area contributed by atoms with Crippen molar-refractivity contribution in [2.75, 3.05) is 11.9 Å². The second kappa shape index (κ2) is 8.47. The minimum Gasteiger partial charge on any atom is -0.506 e. The lowest BCUT2D eigenvalue weighted by molar-refractivity contribution is -0.127. The molecule has 0 saturated carbocycles. The van der Waals surface area contributed by atoms with Crippen molar-refractivity contribution in [1.29, 1.82) is 0 Å². The highest BCUT2D eigenvalue weighted by Crippen LogP contribution is 2.28. The van der Waals surface area contributed by atoms with Crippen molar-refractivity contribution < 1.29 is 19.5 Å². The molecular formula is C19H15I2N3O4. The number of carbonyl (C=O) groups is 3. The first-order valence-corrected chi connectivity index (χ1v) is 10.3. The maximum Gasteiger partial charge on any atom is 0.329 e. The van der Waals surface area contributed by atoms with E-state index in [9.17, 15) is 19.5 Å². The van der Waals surface area contributed by atoms with Crippen molar-refractivity contribution in [3.63, 3.8) is 0 Å². The van der Waals surface area contributed by atoms with Gasteiger partial charge in [-0.05, 0) is 88.0 Å². The minimum atomic E-state index is -0.654. The summed E-state index contributed by atoms with van der Waals surface area (Å²) in [6.07, 6.45) is 1.52. The number of benzene rings is 2. The summed E-state index contributed by atoms with van der Waals surface area (Å²) < 4.78 is 1.25. The minimum absolute atomic E-state index is 0.0745. The molecule has 2 aromatic rings. The highest BCUT2D eigenvalue weighted by Gasteiger charge is 2.35. The van der Waals surface area contributed by atoms with E-state index in [1.165, 1.54) is 6.08 Å². The predicted molar refractivity (Wildman–Crippen MR) is 122 cm³/mol. The molecule has 3 rings (SSSR count). The summed E-state index contributed by atoms with van der Waals surface area (Å²) >= 11 is 3.97. The highest BCUT2D eigenvalue weighted by molar-refractivity contribution is 14.1. The molecule has 9 heteroatoms. The molecule has 1 aliphatic rings. The SMILES string of the molecule is Cc1ccc(NC(=O)CN2C(=O)N/C(=C/c3cc(I)c(O)c(I)c3)C2=O)cc1.